The molecule has 0 saturated carbocycles. The van der Waals surface area contributed by atoms with E-state index in [0.29, 0.717) is 35.6 Å². The predicted octanol–water partition coefficient (Wildman–Crippen LogP) is 1.61. The van der Waals surface area contributed by atoms with E-state index in [0.717, 1.165) is 0 Å². The molecular formula is C16H21N3O3S. The lowest BCUT2D eigenvalue weighted by molar-refractivity contribution is -0.125. The van der Waals surface area contributed by atoms with Crippen LogP contribution in [0.4, 0.5) is 0 Å². The molecule has 0 saturated heterocycles. The van der Waals surface area contributed by atoms with Gasteiger partial charge in [0.05, 0.1) is 16.7 Å². The average molecular weight is 335 g/mol. The van der Waals surface area contributed by atoms with Gasteiger partial charge in [0.2, 0.25) is 5.91 Å². The SMILES string of the molecule is COCCCn1c(SCC(=O)N(C)C)nc2ccccc2c1=O. The summed E-state index contributed by atoms with van der Waals surface area (Å²) in [5.74, 6) is 0.239. The zero-order valence-corrected chi connectivity index (χ0v) is 14.4. The summed E-state index contributed by atoms with van der Waals surface area (Å²) in [7, 11) is 5.05. The minimum absolute atomic E-state index is 0.0131. The summed E-state index contributed by atoms with van der Waals surface area (Å²) in [6, 6.07) is 7.27. The van der Waals surface area contributed by atoms with Crippen molar-refractivity contribution in [2.24, 2.45) is 0 Å². The fourth-order valence-corrected chi connectivity index (χ4v) is 3.08. The highest BCUT2D eigenvalue weighted by molar-refractivity contribution is 7.99. The number of hydrogen-bond donors (Lipinski definition) is 0. The van der Waals surface area contributed by atoms with Crippen molar-refractivity contribution in [2.75, 3.05) is 33.6 Å². The smallest absolute Gasteiger partial charge is 0.262 e. The highest BCUT2D eigenvalue weighted by Crippen LogP contribution is 2.18. The van der Waals surface area contributed by atoms with Crippen molar-refractivity contribution < 1.29 is 9.53 Å². The molecular weight excluding hydrogens is 314 g/mol. The molecule has 6 nitrogen and oxygen atoms in total. The average Bonchev–Trinajstić information content (AvgIpc) is 2.55. The van der Waals surface area contributed by atoms with Crippen LogP contribution >= 0.6 is 11.8 Å². The molecule has 1 amide bonds. The van der Waals surface area contributed by atoms with Crippen LogP contribution in [0.5, 0.6) is 0 Å². The molecule has 23 heavy (non-hydrogen) atoms. The van der Waals surface area contributed by atoms with E-state index in [1.165, 1.54) is 16.7 Å². The normalized spacial score (nSPS) is 10.9. The molecule has 0 fully saturated rings. The molecule has 2 rings (SSSR count). The van der Waals surface area contributed by atoms with E-state index in [2.05, 4.69) is 4.98 Å². The maximum atomic E-state index is 12.7. The monoisotopic (exact) mass is 335 g/mol. The topological polar surface area (TPSA) is 64.4 Å². The van der Waals surface area contributed by atoms with Crippen LogP contribution in [0.15, 0.2) is 34.2 Å². The number of carbonyl (C=O) groups excluding carboxylic acids is 1. The molecule has 0 N–H and O–H groups in total. The molecule has 0 spiro atoms. The third-order valence-electron chi connectivity index (χ3n) is 3.38. The molecule has 0 bridgehead atoms. The second-order valence-corrected chi connectivity index (χ2v) is 6.23. The van der Waals surface area contributed by atoms with Crippen LogP contribution in [0.2, 0.25) is 0 Å². The van der Waals surface area contributed by atoms with E-state index < -0.39 is 0 Å². The summed E-state index contributed by atoms with van der Waals surface area (Å²) < 4.78 is 6.69. The van der Waals surface area contributed by atoms with Crippen LogP contribution in [0, 0.1) is 0 Å². The lowest BCUT2D eigenvalue weighted by atomic mass is 10.2. The predicted molar refractivity (Wildman–Crippen MR) is 91.9 cm³/mol. The first kappa shape index (κ1) is 17.5. The van der Waals surface area contributed by atoms with Crippen molar-refractivity contribution in [1.82, 2.24) is 14.5 Å². The fraction of sp³-hybridized carbons (Fsp3) is 0.438. The Morgan fingerprint density at radius 1 is 1.35 bits per heavy atom. The van der Waals surface area contributed by atoms with E-state index in [1.807, 2.05) is 18.2 Å². The summed E-state index contributed by atoms with van der Waals surface area (Å²) in [4.78, 5) is 30.6. The third-order valence-corrected chi connectivity index (χ3v) is 4.34. The first-order chi connectivity index (χ1) is 11.0. The van der Waals surface area contributed by atoms with E-state index in [1.54, 1.807) is 31.8 Å². The Morgan fingerprint density at radius 2 is 2.09 bits per heavy atom. The summed E-state index contributed by atoms with van der Waals surface area (Å²) >= 11 is 1.29. The third kappa shape index (κ3) is 4.33. The van der Waals surface area contributed by atoms with Gasteiger partial charge in [-0.2, -0.15) is 0 Å². The van der Waals surface area contributed by atoms with Crippen molar-refractivity contribution in [3.05, 3.63) is 34.6 Å². The van der Waals surface area contributed by atoms with Gasteiger partial charge in [-0.25, -0.2) is 4.98 Å². The Morgan fingerprint density at radius 3 is 2.78 bits per heavy atom. The summed E-state index contributed by atoms with van der Waals surface area (Å²) in [6.45, 7) is 1.09. The number of para-hydroxylation sites is 1. The molecule has 0 aliphatic carbocycles. The van der Waals surface area contributed by atoms with E-state index in [4.69, 9.17) is 4.74 Å². The number of methoxy groups -OCH3 is 1. The number of thioether (sulfide) groups is 1. The summed E-state index contributed by atoms with van der Waals surface area (Å²) in [6.07, 6.45) is 0.714. The minimum Gasteiger partial charge on any atom is -0.385 e. The first-order valence-corrected chi connectivity index (χ1v) is 8.34. The zero-order valence-electron chi connectivity index (χ0n) is 13.6. The standard InChI is InChI=1S/C16H21N3O3S/c1-18(2)14(20)11-23-16-17-13-8-5-4-7-12(13)15(21)19(16)9-6-10-22-3/h4-5,7-8H,6,9-11H2,1-3H3. The Hall–Kier alpha value is -1.86. The molecule has 0 radical (unpaired) electrons. The molecule has 1 heterocycles. The van der Waals surface area contributed by atoms with Crippen molar-refractivity contribution in [1.29, 1.82) is 0 Å². The molecule has 1 aromatic carbocycles. The summed E-state index contributed by atoms with van der Waals surface area (Å²) in [5, 5.41) is 1.16. The van der Waals surface area contributed by atoms with Gasteiger partial charge in [-0.3, -0.25) is 14.2 Å². The number of amides is 1. The fourth-order valence-electron chi connectivity index (χ4n) is 2.08. The number of aromatic nitrogens is 2. The van der Waals surface area contributed by atoms with Gasteiger partial charge in [0.25, 0.3) is 5.56 Å². The maximum absolute atomic E-state index is 12.7. The Bertz CT molecular complexity index is 743. The van der Waals surface area contributed by atoms with Crippen molar-refractivity contribution in [3.63, 3.8) is 0 Å². The largest absolute Gasteiger partial charge is 0.385 e. The number of fused-ring (bicyclic) bond motifs is 1. The van der Waals surface area contributed by atoms with Crippen molar-refractivity contribution in [2.45, 2.75) is 18.1 Å². The van der Waals surface area contributed by atoms with Crippen LogP contribution in [0.25, 0.3) is 10.9 Å². The molecule has 0 aliphatic rings. The Kier molecular flexibility index (Phi) is 6.18. The number of hydrogen-bond acceptors (Lipinski definition) is 5. The highest BCUT2D eigenvalue weighted by atomic mass is 32.2. The lowest BCUT2D eigenvalue weighted by Gasteiger charge is -2.14. The van der Waals surface area contributed by atoms with Gasteiger partial charge in [0, 0.05) is 34.4 Å². The quantitative estimate of drug-likeness (QED) is 0.437. The molecule has 7 heteroatoms. The summed E-state index contributed by atoms with van der Waals surface area (Å²) in [5.41, 5.74) is 0.576. The van der Waals surface area contributed by atoms with Gasteiger partial charge in [-0.15, -0.1) is 0 Å². The molecule has 0 aliphatic heterocycles. The van der Waals surface area contributed by atoms with Gasteiger partial charge in [-0.1, -0.05) is 23.9 Å². The van der Waals surface area contributed by atoms with Gasteiger partial charge < -0.3 is 9.64 Å². The van der Waals surface area contributed by atoms with Crippen LogP contribution in [-0.4, -0.2) is 53.9 Å². The van der Waals surface area contributed by atoms with Gasteiger partial charge in [0.15, 0.2) is 5.16 Å². The van der Waals surface area contributed by atoms with Gasteiger partial charge in [-0.05, 0) is 18.6 Å². The minimum atomic E-state index is -0.0773. The molecule has 124 valence electrons. The van der Waals surface area contributed by atoms with Crippen LogP contribution in [-0.2, 0) is 16.1 Å². The van der Waals surface area contributed by atoms with Crippen molar-refractivity contribution >= 4 is 28.6 Å². The second kappa shape index (κ2) is 8.12. The molecule has 0 atom stereocenters. The molecule has 0 unspecified atom stereocenters. The first-order valence-electron chi connectivity index (χ1n) is 7.36. The van der Waals surface area contributed by atoms with Gasteiger partial charge in [0.1, 0.15) is 0 Å². The number of nitrogens with zero attached hydrogens (tertiary/aromatic N) is 3. The van der Waals surface area contributed by atoms with Crippen molar-refractivity contribution in [3.8, 4) is 0 Å². The molecule has 2 aromatic rings. The Labute approximate surface area is 139 Å². The van der Waals surface area contributed by atoms with Crippen LogP contribution < -0.4 is 5.56 Å². The number of carbonyl (C=O) groups is 1. The Balaban J connectivity index is 2.36. The zero-order chi connectivity index (χ0) is 16.8. The number of rotatable bonds is 7. The van der Waals surface area contributed by atoms with Crippen LogP contribution in [0.1, 0.15) is 6.42 Å². The number of benzene rings is 1. The number of ether oxygens (including phenoxy) is 1. The maximum Gasteiger partial charge on any atom is 0.262 e. The van der Waals surface area contributed by atoms with E-state index in [-0.39, 0.29) is 17.2 Å². The second-order valence-electron chi connectivity index (χ2n) is 5.29. The van der Waals surface area contributed by atoms with Gasteiger partial charge >= 0.3 is 0 Å². The molecule has 1 aromatic heterocycles. The lowest BCUT2D eigenvalue weighted by Crippen LogP contribution is -2.26. The van der Waals surface area contributed by atoms with E-state index >= 15 is 0 Å². The van der Waals surface area contributed by atoms with Crippen LogP contribution in [0.3, 0.4) is 0 Å². The van der Waals surface area contributed by atoms with E-state index in [9.17, 15) is 9.59 Å². The highest BCUT2D eigenvalue weighted by Gasteiger charge is 2.13.